The average Bonchev–Trinajstić information content (AvgIpc) is 2.44. The summed E-state index contributed by atoms with van der Waals surface area (Å²) in [6, 6.07) is 4.77. The molecule has 0 radical (unpaired) electrons. The Balaban J connectivity index is 2.75. The molecule has 0 saturated carbocycles. The zero-order chi connectivity index (χ0) is 14.9. The maximum atomic E-state index is 12.0. The van der Waals surface area contributed by atoms with Crippen molar-refractivity contribution in [1.82, 2.24) is 0 Å². The number of Topliss-reactive ketones (excluding diaryl/α,β-unsaturated/α-hetero) is 1. The van der Waals surface area contributed by atoms with Gasteiger partial charge in [0.1, 0.15) is 22.6 Å². The molecule has 0 spiro atoms. The molecule has 0 unspecified atom stereocenters. The maximum Gasteiger partial charge on any atom is 0.347 e. The Bertz CT molecular complexity index is 712. The van der Waals surface area contributed by atoms with Gasteiger partial charge >= 0.3 is 5.63 Å². The van der Waals surface area contributed by atoms with E-state index in [1.54, 1.807) is 26.0 Å². The fourth-order valence-corrected chi connectivity index (χ4v) is 1.93. The minimum atomic E-state index is -0.647. The highest BCUT2D eigenvalue weighted by Gasteiger charge is 2.18. The zero-order valence-corrected chi connectivity index (χ0v) is 11.9. The van der Waals surface area contributed by atoms with Gasteiger partial charge in [-0.3, -0.25) is 4.79 Å². The normalized spacial score (nSPS) is 10.8. The van der Waals surface area contributed by atoms with Crippen molar-refractivity contribution in [1.29, 1.82) is 0 Å². The molecular formula is C15H16O5. The minimum Gasteiger partial charge on any atom is -0.496 e. The molecule has 2 rings (SSSR count). The molecular weight excluding hydrogens is 260 g/mol. The van der Waals surface area contributed by atoms with Crippen molar-refractivity contribution in [3.05, 3.63) is 34.2 Å². The highest BCUT2D eigenvalue weighted by atomic mass is 16.5. The number of ketones is 1. The Hall–Kier alpha value is -2.30. The van der Waals surface area contributed by atoms with Crippen molar-refractivity contribution in [2.75, 3.05) is 14.2 Å². The van der Waals surface area contributed by atoms with E-state index in [0.29, 0.717) is 22.5 Å². The van der Waals surface area contributed by atoms with Crippen molar-refractivity contribution in [3.63, 3.8) is 0 Å². The number of methoxy groups -OCH3 is 2. The predicted molar refractivity (Wildman–Crippen MR) is 74.8 cm³/mol. The predicted octanol–water partition coefficient (Wildman–Crippen LogP) is 2.65. The largest absolute Gasteiger partial charge is 0.496 e. The Morgan fingerprint density at radius 3 is 2.40 bits per heavy atom. The van der Waals surface area contributed by atoms with Crippen LogP contribution in [0.15, 0.2) is 27.4 Å². The summed E-state index contributed by atoms with van der Waals surface area (Å²) in [6.45, 7) is 3.47. The molecule has 5 nitrogen and oxygen atoms in total. The Kier molecular flexibility index (Phi) is 3.79. The first-order chi connectivity index (χ1) is 9.47. The fourth-order valence-electron chi connectivity index (χ4n) is 1.93. The van der Waals surface area contributed by atoms with Crippen LogP contribution in [0.25, 0.3) is 11.0 Å². The maximum absolute atomic E-state index is 12.0. The van der Waals surface area contributed by atoms with Crippen LogP contribution < -0.4 is 15.1 Å². The number of carbonyl (C=O) groups excluding carboxylic acids is 1. The van der Waals surface area contributed by atoms with E-state index in [0.717, 1.165) is 0 Å². The molecule has 0 saturated heterocycles. The summed E-state index contributed by atoms with van der Waals surface area (Å²) in [5.74, 6) is 0.472. The molecule has 0 N–H and O–H groups in total. The van der Waals surface area contributed by atoms with Crippen LogP contribution in [0.5, 0.6) is 11.5 Å². The summed E-state index contributed by atoms with van der Waals surface area (Å²) < 4.78 is 15.6. The van der Waals surface area contributed by atoms with E-state index in [9.17, 15) is 9.59 Å². The minimum absolute atomic E-state index is 0.0379. The number of benzene rings is 1. The van der Waals surface area contributed by atoms with Crippen molar-refractivity contribution >= 4 is 16.8 Å². The van der Waals surface area contributed by atoms with Crippen molar-refractivity contribution in [3.8, 4) is 11.5 Å². The second kappa shape index (κ2) is 5.36. The van der Waals surface area contributed by atoms with Crippen molar-refractivity contribution in [2.45, 2.75) is 13.8 Å². The quantitative estimate of drug-likeness (QED) is 0.634. The summed E-state index contributed by atoms with van der Waals surface area (Å²) in [7, 11) is 3.01. The third kappa shape index (κ3) is 2.39. The third-order valence-electron chi connectivity index (χ3n) is 3.03. The second-order valence-corrected chi connectivity index (χ2v) is 4.71. The van der Waals surface area contributed by atoms with Crippen LogP contribution >= 0.6 is 0 Å². The zero-order valence-electron chi connectivity index (χ0n) is 11.9. The van der Waals surface area contributed by atoms with Gasteiger partial charge in [0.15, 0.2) is 5.78 Å². The van der Waals surface area contributed by atoms with Gasteiger partial charge in [-0.25, -0.2) is 4.79 Å². The Morgan fingerprint density at radius 1 is 1.15 bits per heavy atom. The van der Waals surface area contributed by atoms with Crippen LogP contribution in [0.2, 0.25) is 0 Å². The van der Waals surface area contributed by atoms with Gasteiger partial charge < -0.3 is 13.9 Å². The lowest BCUT2D eigenvalue weighted by molar-refractivity contribution is 0.0936. The van der Waals surface area contributed by atoms with Crippen LogP contribution in [0.1, 0.15) is 24.2 Å². The number of carbonyl (C=O) groups is 1. The molecule has 106 valence electrons. The third-order valence-corrected chi connectivity index (χ3v) is 3.03. The summed E-state index contributed by atoms with van der Waals surface area (Å²) in [5.41, 5.74) is -0.283. The summed E-state index contributed by atoms with van der Waals surface area (Å²) in [6.07, 6.45) is 0. The van der Waals surface area contributed by atoms with E-state index in [1.807, 2.05) is 0 Å². The topological polar surface area (TPSA) is 65.7 Å². The summed E-state index contributed by atoms with van der Waals surface area (Å²) in [5, 5.41) is 0.567. The number of rotatable bonds is 4. The lowest BCUT2D eigenvalue weighted by Crippen LogP contribution is -2.18. The van der Waals surface area contributed by atoms with Gasteiger partial charge in [-0.1, -0.05) is 13.8 Å². The molecule has 1 heterocycles. The standard InChI is InChI=1S/C15H16O5/c1-8(2)14(16)11-7-10-12(19-4)5-9(18-3)6-13(10)20-15(11)17/h5-8H,1-4H3. The molecule has 0 fully saturated rings. The monoisotopic (exact) mass is 276 g/mol. The SMILES string of the molecule is COc1cc(OC)c2cc(C(=O)C(C)C)c(=O)oc2c1. The Labute approximate surface area is 116 Å². The van der Waals surface area contributed by atoms with E-state index < -0.39 is 5.63 Å². The van der Waals surface area contributed by atoms with Crippen LogP contribution in [0.3, 0.4) is 0 Å². The highest BCUT2D eigenvalue weighted by molar-refractivity contribution is 6.00. The lowest BCUT2D eigenvalue weighted by Gasteiger charge is -2.09. The first kappa shape index (κ1) is 14.1. The van der Waals surface area contributed by atoms with Gasteiger partial charge in [0.2, 0.25) is 0 Å². The van der Waals surface area contributed by atoms with Gasteiger partial charge in [-0.2, -0.15) is 0 Å². The number of hydrogen-bond acceptors (Lipinski definition) is 5. The first-order valence-electron chi connectivity index (χ1n) is 6.22. The molecule has 5 heteroatoms. The fraction of sp³-hybridized carbons (Fsp3) is 0.333. The molecule has 0 aliphatic carbocycles. The van der Waals surface area contributed by atoms with Gasteiger partial charge in [0, 0.05) is 18.1 Å². The number of hydrogen-bond donors (Lipinski definition) is 0. The average molecular weight is 276 g/mol. The van der Waals surface area contributed by atoms with Gasteiger partial charge in [0.25, 0.3) is 0 Å². The molecule has 1 aromatic carbocycles. The summed E-state index contributed by atoms with van der Waals surface area (Å²) in [4.78, 5) is 23.9. The smallest absolute Gasteiger partial charge is 0.347 e. The highest BCUT2D eigenvalue weighted by Crippen LogP contribution is 2.31. The molecule has 0 amide bonds. The lowest BCUT2D eigenvalue weighted by atomic mass is 10.0. The van der Waals surface area contributed by atoms with Crippen LogP contribution in [0.4, 0.5) is 0 Å². The van der Waals surface area contributed by atoms with Crippen LogP contribution in [0, 0.1) is 5.92 Å². The molecule has 20 heavy (non-hydrogen) atoms. The first-order valence-corrected chi connectivity index (χ1v) is 6.22. The van der Waals surface area contributed by atoms with Gasteiger partial charge in [-0.05, 0) is 6.07 Å². The molecule has 2 aromatic rings. The molecule has 0 aliphatic heterocycles. The van der Waals surface area contributed by atoms with Crippen molar-refractivity contribution in [2.24, 2.45) is 5.92 Å². The van der Waals surface area contributed by atoms with E-state index in [-0.39, 0.29) is 17.3 Å². The van der Waals surface area contributed by atoms with E-state index in [4.69, 9.17) is 13.9 Å². The van der Waals surface area contributed by atoms with Crippen molar-refractivity contribution < 1.29 is 18.7 Å². The number of ether oxygens (including phenoxy) is 2. The molecule has 0 bridgehead atoms. The second-order valence-electron chi connectivity index (χ2n) is 4.71. The molecule has 1 aromatic heterocycles. The van der Waals surface area contributed by atoms with Crippen LogP contribution in [-0.2, 0) is 0 Å². The molecule has 0 atom stereocenters. The van der Waals surface area contributed by atoms with E-state index >= 15 is 0 Å². The number of fused-ring (bicyclic) bond motifs is 1. The Morgan fingerprint density at radius 2 is 1.85 bits per heavy atom. The van der Waals surface area contributed by atoms with E-state index in [1.165, 1.54) is 20.3 Å². The molecule has 0 aliphatic rings. The van der Waals surface area contributed by atoms with E-state index in [2.05, 4.69) is 0 Å². The van der Waals surface area contributed by atoms with Gasteiger partial charge in [0.05, 0.1) is 19.6 Å². The summed E-state index contributed by atoms with van der Waals surface area (Å²) >= 11 is 0. The van der Waals surface area contributed by atoms with Gasteiger partial charge in [-0.15, -0.1) is 0 Å². The van der Waals surface area contributed by atoms with Crippen LogP contribution in [-0.4, -0.2) is 20.0 Å².